The zero-order valence-electron chi connectivity index (χ0n) is 15.0. The summed E-state index contributed by atoms with van der Waals surface area (Å²) in [7, 11) is 0. The number of para-hydroxylation sites is 1. The molecule has 0 unspecified atom stereocenters. The second-order valence-electron chi connectivity index (χ2n) is 6.73. The van der Waals surface area contributed by atoms with Crippen LogP contribution >= 0.6 is 22.7 Å². The summed E-state index contributed by atoms with van der Waals surface area (Å²) < 4.78 is 6.55. The Bertz CT molecular complexity index is 1060. The number of nitrogens with one attached hydrogen (secondary N) is 1. The van der Waals surface area contributed by atoms with Crippen molar-refractivity contribution in [3.05, 3.63) is 48.0 Å². The van der Waals surface area contributed by atoms with Crippen molar-refractivity contribution in [2.45, 2.75) is 12.8 Å². The summed E-state index contributed by atoms with van der Waals surface area (Å²) in [5, 5.41) is 6.52. The zero-order valence-corrected chi connectivity index (χ0v) is 16.6. The number of thiazole rings is 2. The molecule has 0 saturated carbocycles. The quantitative estimate of drug-likeness (QED) is 0.520. The van der Waals surface area contributed by atoms with Crippen molar-refractivity contribution in [1.82, 2.24) is 9.97 Å². The monoisotopic (exact) mass is 410 g/mol. The summed E-state index contributed by atoms with van der Waals surface area (Å²) in [5.74, 6) is 0.756. The zero-order chi connectivity index (χ0) is 18.9. The second-order valence-corrected chi connectivity index (χ2v) is 8.60. The maximum Gasteiger partial charge on any atom is 0.229 e. The Balaban J connectivity index is 1.20. The number of fused-ring (bicyclic) bond motifs is 1. The first kappa shape index (κ1) is 17.4. The van der Waals surface area contributed by atoms with Crippen LogP contribution in [0.2, 0.25) is 0 Å². The van der Waals surface area contributed by atoms with Crippen LogP contribution in [0.1, 0.15) is 12.8 Å². The molecule has 1 saturated heterocycles. The third-order valence-corrected chi connectivity index (χ3v) is 6.78. The number of piperidine rings is 1. The van der Waals surface area contributed by atoms with Gasteiger partial charge in [0.2, 0.25) is 5.91 Å². The van der Waals surface area contributed by atoms with Crippen LogP contribution in [0.4, 0.5) is 10.3 Å². The second kappa shape index (κ2) is 7.37. The third kappa shape index (κ3) is 3.41. The Kier molecular flexibility index (Phi) is 4.58. The predicted octanol–water partition coefficient (Wildman–Crippen LogP) is 4.87. The van der Waals surface area contributed by atoms with E-state index in [1.54, 1.807) is 17.6 Å². The van der Waals surface area contributed by atoms with E-state index in [4.69, 9.17) is 9.40 Å². The van der Waals surface area contributed by atoms with Gasteiger partial charge in [-0.25, -0.2) is 9.97 Å². The van der Waals surface area contributed by atoms with Crippen molar-refractivity contribution < 1.29 is 9.21 Å². The summed E-state index contributed by atoms with van der Waals surface area (Å²) in [6, 6.07) is 11.9. The molecule has 1 N–H and O–H groups in total. The molecular formula is C20H18N4O2S2. The first-order valence-corrected chi connectivity index (χ1v) is 10.9. The van der Waals surface area contributed by atoms with E-state index in [0.29, 0.717) is 10.9 Å². The van der Waals surface area contributed by atoms with Crippen LogP contribution in [0.5, 0.6) is 0 Å². The van der Waals surface area contributed by atoms with Crippen LogP contribution in [-0.4, -0.2) is 29.0 Å². The molecule has 0 radical (unpaired) electrons. The Hall–Kier alpha value is -2.71. The normalized spacial score (nSPS) is 15.2. The van der Waals surface area contributed by atoms with Gasteiger partial charge in [0.25, 0.3) is 0 Å². The van der Waals surface area contributed by atoms with Crippen LogP contribution < -0.4 is 10.2 Å². The smallest absolute Gasteiger partial charge is 0.229 e. The standard InChI is InChI=1S/C20H18N4O2S2/c25-18(23-19-21-15(12-27-19)16-5-3-11-26-16)13-7-9-24(10-8-13)20-22-14-4-1-2-6-17(14)28-20/h1-6,11-13H,7-10H2,(H,21,23,25). The average Bonchev–Trinajstić information content (AvgIpc) is 3.47. The number of benzene rings is 1. The van der Waals surface area contributed by atoms with Gasteiger partial charge in [0.15, 0.2) is 16.0 Å². The largest absolute Gasteiger partial charge is 0.463 e. The van der Waals surface area contributed by atoms with E-state index >= 15 is 0 Å². The van der Waals surface area contributed by atoms with Gasteiger partial charge >= 0.3 is 0 Å². The Morgan fingerprint density at radius 2 is 2.00 bits per heavy atom. The average molecular weight is 411 g/mol. The minimum absolute atomic E-state index is 0.00147. The van der Waals surface area contributed by atoms with Gasteiger partial charge in [-0.1, -0.05) is 23.5 Å². The highest BCUT2D eigenvalue weighted by Gasteiger charge is 2.27. The van der Waals surface area contributed by atoms with Crippen molar-refractivity contribution in [2.75, 3.05) is 23.3 Å². The molecule has 6 nitrogen and oxygen atoms in total. The fraction of sp³-hybridized carbons (Fsp3) is 0.250. The van der Waals surface area contributed by atoms with E-state index in [9.17, 15) is 4.79 Å². The van der Waals surface area contributed by atoms with Gasteiger partial charge in [0.1, 0.15) is 5.69 Å². The van der Waals surface area contributed by atoms with Gasteiger partial charge in [-0.15, -0.1) is 11.3 Å². The number of anilines is 2. The maximum atomic E-state index is 12.6. The topological polar surface area (TPSA) is 71.3 Å². The summed E-state index contributed by atoms with van der Waals surface area (Å²) in [4.78, 5) is 24.1. The summed E-state index contributed by atoms with van der Waals surface area (Å²) in [5.41, 5.74) is 1.79. The van der Waals surface area contributed by atoms with E-state index in [2.05, 4.69) is 21.3 Å². The molecule has 4 heterocycles. The van der Waals surface area contributed by atoms with Gasteiger partial charge < -0.3 is 14.6 Å². The molecule has 1 aliphatic rings. The minimum atomic E-state index is 0.00147. The SMILES string of the molecule is O=C(Nc1nc(-c2ccco2)cs1)C1CCN(c2nc3ccccc3s2)CC1. The Labute approximate surface area is 169 Å². The lowest BCUT2D eigenvalue weighted by molar-refractivity contribution is -0.120. The fourth-order valence-electron chi connectivity index (χ4n) is 3.40. The lowest BCUT2D eigenvalue weighted by Gasteiger charge is -2.30. The molecule has 0 atom stereocenters. The van der Waals surface area contributed by atoms with Crippen molar-refractivity contribution in [2.24, 2.45) is 5.92 Å². The molecule has 0 spiro atoms. The molecule has 1 aliphatic heterocycles. The van der Waals surface area contributed by atoms with Crippen molar-refractivity contribution in [1.29, 1.82) is 0 Å². The maximum absolute atomic E-state index is 12.6. The van der Waals surface area contributed by atoms with Crippen LogP contribution in [-0.2, 0) is 4.79 Å². The van der Waals surface area contributed by atoms with Crippen LogP contribution in [0.3, 0.4) is 0 Å². The lowest BCUT2D eigenvalue weighted by Crippen LogP contribution is -2.38. The van der Waals surface area contributed by atoms with Crippen molar-refractivity contribution >= 4 is 49.1 Å². The molecule has 28 heavy (non-hydrogen) atoms. The van der Waals surface area contributed by atoms with Gasteiger partial charge in [-0.05, 0) is 37.1 Å². The van der Waals surface area contributed by atoms with Crippen LogP contribution in [0.25, 0.3) is 21.7 Å². The number of hydrogen-bond donors (Lipinski definition) is 1. The van der Waals surface area contributed by atoms with Gasteiger partial charge in [-0.3, -0.25) is 4.79 Å². The highest BCUT2D eigenvalue weighted by atomic mass is 32.1. The number of hydrogen-bond acceptors (Lipinski definition) is 7. The van der Waals surface area contributed by atoms with E-state index in [1.165, 1.54) is 16.0 Å². The number of carbonyl (C=O) groups excluding carboxylic acids is 1. The van der Waals surface area contributed by atoms with Crippen LogP contribution in [0, 0.1) is 5.92 Å². The Morgan fingerprint density at radius 3 is 2.79 bits per heavy atom. The number of nitrogens with zero attached hydrogens (tertiary/aromatic N) is 3. The van der Waals surface area contributed by atoms with E-state index in [-0.39, 0.29) is 11.8 Å². The molecule has 0 bridgehead atoms. The van der Waals surface area contributed by atoms with Gasteiger partial charge in [0.05, 0.1) is 16.5 Å². The molecule has 142 valence electrons. The van der Waals surface area contributed by atoms with Gasteiger partial charge in [0, 0.05) is 24.4 Å². The molecule has 1 aromatic carbocycles. The number of amides is 1. The number of aromatic nitrogens is 2. The lowest BCUT2D eigenvalue weighted by atomic mass is 9.96. The van der Waals surface area contributed by atoms with E-state index < -0.39 is 0 Å². The van der Waals surface area contributed by atoms with Crippen molar-refractivity contribution in [3.8, 4) is 11.5 Å². The van der Waals surface area contributed by atoms with Crippen LogP contribution in [0.15, 0.2) is 52.5 Å². The summed E-state index contributed by atoms with van der Waals surface area (Å²) >= 11 is 3.13. The highest BCUT2D eigenvalue weighted by Crippen LogP contribution is 2.32. The van der Waals surface area contributed by atoms with Crippen molar-refractivity contribution in [3.63, 3.8) is 0 Å². The summed E-state index contributed by atoms with van der Waals surface area (Å²) in [6.45, 7) is 1.68. The number of carbonyl (C=O) groups is 1. The summed E-state index contributed by atoms with van der Waals surface area (Å²) in [6.07, 6.45) is 3.25. The minimum Gasteiger partial charge on any atom is -0.463 e. The van der Waals surface area contributed by atoms with Gasteiger partial charge in [-0.2, -0.15) is 0 Å². The molecule has 1 amide bonds. The number of furan rings is 1. The first-order valence-electron chi connectivity index (χ1n) is 9.17. The fourth-order valence-corrected chi connectivity index (χ4v) is 5.12. The predicted molar refractivity (Wildman–Crippen MR) is 113 cm³/mol. The van der Waals surface area contributed by atoms with E-state index in [1.807, 2.05) is 35.7 Å². The van der Waals surface area contributed by atoms with E-state index in [0.717, 1.165) is 42.3 Å². The highest BCUT2D eigenvalue weighted by molar-refractivity contribution is 7.22. The molecule has 0 aliphatic carbocycles. The molecule has 1 fully saturated rings. The molecular weight excluding hydrogens is 392 g/mol. The first-order chi connectivity index (χ1) is 13.8. The molecule has 4 aromatic rings. The molecule has 5 rings (SSSR count). The molecule has 8 heteroatoms. The Morgan fingerprint density at radius 1 is 1.14 bits per heavy atom. The number of rotatable bonds is 4. The molecule has 3 aromatic heterocycles. The third-order valence-electron chi connectivity index (χ3n) is 4.93.